The van der Waals surface area contributed by atoms with Crippen LogP contribution >= 0.6 is 11.8 Å². The highest BCUT2D eigenvalue weighted by Crippen LogP contribution is 2.26. The number of nitrogens with zero attached hydrogens (tertiary/aromatic N) is 1. The van der Waals surface area contributed by atoms with E-state index in [-0.39, 0.29) is 17.6 Å². The van der Waals surface area contributed by atoms with Gasteiger partial charge in [-0.05, 0) is 60.5 Å². The minimum atomic E-state index is -0.283. The van der Waals surface area contributed by atoms with Gasteiger partial charge in [-0.2, -0.15) is 0 Å². The molecular formula is C22H20FN3O2S. The molecule has 0 bridgehead atoms. The van der Waals surface area contributed by atoms with Gasteiger partial charge >= 0.3 is 0 Å². The Kier molecular flexibility index (Phi) is 6.61. The minimum absolute atomic E-state index is 0.183. The van der Waals surface area contributed by atoms with E-state index in [1.807, 2.05) is 6.92 Å². The molecule has 5 nitrogen and oxygen atoms in total. The smallest absolute Gasteiger partial charge is 0.258 e. The topological polar surface area (TPSA) is 71.1 Å². The zero-order chi connectivity index (χ0) is 20.8. The van der Waals surface area contributed by atoms with Crippen LogP contribution in [-0.4, -0.2) is 23.8 Å². The summed E-state index contributed by atoms with van der Waals surface area (Å²) in [5.74, 6) is -0.181. The first-order valence-electron chi connectivity index (χ1n) is 8.94. The number of anilines is 1. The monoisotopic (exact) mass is 409 g/mol. The number of amides is 2. The summed E-state index contributed by atoms with van der Waals surface area (Å²) in [4.78, 5) is 28.9. The van der Waals surface area contributed by atoms with Crippen molar-refractivity contribution in [2.45, 2.75) is 17.7 Å². The lowest BCUT2D eigenvalue weighted by Crippen LogP contribution is -2.18. The molecule has 148 valence electrons. The first-order valence-corrected chi connectivity index (χ1v) is 9.93. The Morgan fingerprint density at radius 3 is 2.52 bits per heavy atom. The summed E-state index contributed by atoms with van der Waals surface area (Å²) in [6.07, 6.45) is 1.63. The number of hydrogen-bond donors (Lipinski definition) is 2. The van der Waals surface area contributed by atoms with E-state index < -0.39 is 0 Å². The van der Waals surface area contributed by atoms with Crippen molar-refractivity contribution in [2.75, 3.05) is 12.4 Å². The van der Waals surface area contributed by atoms with Gasteiger partial charge < -0.3 is 10.6 Å². The van der Waals surface area contributed by atoms with Crippen LogP contribution in [0.5, 0.6) is 0 Å². The van der Waals surface area contributed by atoms with Gasteiger partial charge in [0.2, 0.25) is 0 Å². The van der Waals surface area contributed by atoms with E-state index in [1.165, 1.54) is 23.9 Å². The fraction of sp³-hybridized carbons (Fsp3) is 0.136. The molecule has 7 heteroatoms. The minimum Gasteiger partial charge on any atom is -0.355 e. The number of aromatic nitrogens is 1. The van der Waals surface area contributed by atoms with Gasteiger partial charge in [0.15, 0.2) is 0 Å². The second-order valence-electron chi connectivity index (χ2n) is 6.33. The summed E-state index contributed by atoms with van der Waals surface area (Å²) in [5.41, 5.74) is 3.33. The van der Waals surface area contributed by atoms with Gasteiger partial charge in [0, 0.05) is 30.2 Å². The van der Waals surface area contributed by atoms with Crippen molar-refractivity contribution in [2.24, 2.45) is 0 Å². The number of halogens is 1. The fourth-order valence-corrected chi connectivity index (χ4v) is 3.64. The molecule has 0 spiro atoms. The van der Waals surface area contributed by atoms with Crippen molar-refractivity contribution in [3.05, 3.63) is 88.9 Å². The molecule has 0 saturated carbocycles. The lowest BCUT2D eigenvalue weighted by Gasteiger charge is -2.12. The van der Waals surface area contributed by atoms with Crippen molar-refractivity contribution in [3.63, 3.8) is 0 Å². The van der Waals surface area contributed by atoms with Crippen molar-refractivity contribution >= 4 is 29.3 Å². The maximum Gasteiger partial charge on any atom is 0.258 e. The molecule has 2 N–H and O–H groups in total. The molecule has 0 saturated heterocycles. The molecule has 3 aromatic rings. The SMILES string of the molecule is CNC(=O)c1ccc(NC(=O)c2cccnc2SCc2ccc(F)cc2)c(C)c1. The average Bonchev–Trinajstić information content (AvgIpc) is 2.74. The highest BCUT2D eigenvalue weighted by atomic mass is 32.2. The Bertz CT molecular complexity index is 1040. The first-order chi connectivity index (χ1) is 14.0. The fourth-order valence-electron chi connectivity index (χ4n) is 2.69. The number of thioether (sulfide) groups is 1. The lowest BCUT2D eigenvalue weighted by molar-refractivity contribution is 0.0962. The summed E-state index contributed by atoms with van der Waals surface area (Å²) < 4.78 is 13.1. The highest BCUT2D eigenvalue weighted by molar-refractivity contribution is 7.98. The van der Waals surface area contributed by atoms with Gasteiger partial charge in [0.25, 0.3) is 11.8 Å². The highest BCUT2D eigenvalue weighted by Gasteiger charge is 2.15. The van der Waals surface area contributed by atoms with Crippen LogP contribution in [0, 0.1) is 12.7 Å². The maximum atomic E-state index is 13.1. The van der Waals surface area contributed by atoms with Crippen LogP contribution in [0.15, 0.2) is 65.8 Å². The first kappa shape index (κ1) is 20.5. The summed E-state index contributed by atoms with van der Waals surface area (Å²) in [6.45, 7) is 1.83. The Hall–Kier alpha value is -3.19. The largest absolute Gasteiger partial charge is 0.355 e. The molecule has 0 aliphatic carbocycles. The molecule has 0 aliphatic rings. The van der Waals surface area contributed by atoms with E-state index in [0.29, 0.717) is 27.6 Å². The maximum absolute atomic E-state index is 13.1. The zero-order valence-corrected chi connectivity index (χ0v) is 16.8. The van der Waals surface area contributed by atoms with E-state index in [4.69, 9.17) is 0 Å². The van der Waals surface area contributed by atoms with E-state index in [2.05, 4.69) is 15.6 Å². The molecule has 0 atom stereocenters. The molecule has 0 aliphatic heterocycles. The van der Waals surface area contributed by atoms with Gasteiger partial charge in [-0.1, -0.05) is 12.1 Å². The third-order valence-corrected chi connectivity index (χ3v) is 5.34. The number of benzene rings is 2. The van der Waals surface area contributed by atoms with E-state index >= 15 is 0 Å². The third kappa shape index (κ3) is 5.20. The van der Waals surface area contributed by atoms with Crippen molar-refractivity contribution < 1.29 is 14.0 Å². The number of nitrogens with one attached hydrogen (secondary N) is 2. The van der Waals surface area contributed by atoms with E-state index in [0.717, 1.165) is 11.1 Å². The molecule has 0 fully saturated rings. The Morgan fingerprint density at radius 2 is 1.83 bits per heavy atom. The van der Waals surface area contributed by atoms with Crippen LogP contribution in [0.25, 0.3) is 0 Å². The molecule has 29 heavy (non-hydrogen) atoms. The lowest BCUT2D eigenvalue weighted by atomic mass is 10.1. The zero-order valence-electron chi connectivity index (χ0n) is 16.0. The van der Waals surface area contributed by atoms with Gasteiger partial charge in [-0.3, -0.25) is 9.59 Å². The van der Waals surface area contributed by atoms with Gasteiger partial charge in [0.1, 0.15) is 10.8 Å². The van der Waals surface area contributed by atoms with Gasteiger partial charge in [-0.15, -0.1) is 11.8 Å². The predicted octanol–water partition coefficient (Wildman–Crippen LogP) is 4.43. The molecule has 1 heterocycles. The number of hydrogen-bond acceptors (Lipinski definition) is 4. The van der Waals surface area contributed by atoms with Crippen LogP contribution in [0.4, 0.5) is 10.1 Å². The predicted molar refractivity (Wildman–Crippen MR) is 113 cm³/mol. The normalized spacial score (nSPS) is 10.4. The summed E-state index contributed by atoms with van der Waals surface area (Å²) in [5, 5.41) is 6.05. The molecule has 3 rings (SSSR count). The summed E-state index contributed by atoms with van der Waals surface area (Å²) in [7, 11) is 1.57. The Labute approximate surface area is 172 Å². The number of pyridine rings is 1. The van der Waals surface area contributed by atoms with Crippen molar-refractivity contribution in [1.82, 2.24) is 10.3 Å². The standard InChI is InChI=1S/C22H20FN3O2S/c1-14-12-16(20(27)24-2)7-10-19(14)26-21(28)18-4-3-11-25-22(18)29-13-15-5-8-17(23)9-6-15/h3-12H,13H2,1-2H3,(H,24,27)(H,26,28). The van der Waals surface area contributed by atoms with Crippen LogP contribution in [0.3, 0.4) is 0 Å². The quantitative estimate of drug-likeness (QED) is 0.591. The Balaban J connectivity index is 1.74. The van der Waals surface area contributed by atoms with Crippen LogP contribution in [-0.2, 0) is 5.75 Å². The van der Waals surface area contributed by atoms with E-state index in [1.54, 1.807) is 55.7 Å². The second-order valence-corrected chi connectivity index (χ2v) is 7.30. The summed E-state index contributed by atoms with van der Waals surface area (Å²) >= 11 is 1.41. The second kappa shape index (κ2) is 9.34. The van der Waals surface area contributed by atoms with Crippen LogP contribution in [0.1, 0.15) is 31.8 Å². The molecule has 0 radical (unpaired) electrons. The number of rotatable bonds is 6. The van der Waals surface area contributed by atoms with E-state index in [9.17, 15) is 14.0 Å². The van der Waals surface area contributed by atoms with Crippen LogP contribution < -0.4 is 10.6 Å². The van der Waals surface area contributed by atoms with Crippen molar-refractivity contribution in [1.29, 1.82) is 0 Å². The Morgan fingerprint density at radius 1 is 1.07 bits per heavy atom. The number of carbonyl (C=O) groups excluding carboxylic acids is 2. The molecule has 2 aromatic carbocycles. The van der Waals surface area contributed by atoms with Crippen LogP contribution in [0.2, 0.25) is 0 Å². The van der Waals surface area contributed by atoms with Gasteiger partial charge in [-0.25, -0.2) is 9.37 Å². The molecule has 0 unspecified atom stereocenters. The number of aryl methyl sites for hydroxylation is 1. The molecule has 2 amide bonds. The average molecular weight is 409 g/mol. The summed E-state index contributed by atoms with van der Waals surface area (Å²) in [6, 6.07) is 14.8. The molecular weight excluding hydrogens is 389 g/mol. The number of carbonyl (C=O) groups is 2. The molecule has 1 aromatic heterocycles. The third-order valence-electron chi connectivity index (χ3n) is 4.27. The van der Waals surface area contributed by atoms with Gasteiger partial charge in [0.05, 0.1) is 5.56 Å². The van der Waals surface area contributed by atoms with Crippen molar-refractivity contribution in [3.8, 4) is 0 Å².